The van der Waals surface area contributed by atoms with Crippen LogP contribution >= 0.6 is 0 Å². The van der Waals surface area contributed by atoms with Gasteiger partial charge in [0.15, 0.2) is 0 Å². The van der Waals surface area contributed by atoms with Crippen LogP contribution in [0, 0.1) is 11.8 Å². The van der Waals surface area contributed by atoms with Crippen LogP contribution in [0.15, 0.2) is 0 Å². The normalized spacial score (nSPS) is 16.5. The third kappa shape index (κ3) is 4.04. The number of hydrazine groups is 1. The molecule has 74 valence electrons. The minimum Gasteiger partial charge on any atom is -0.385 e. The number of nitrogens with one attached hydrogen (secondary N) is 1. The van der Waals surface area contributed by atoms with E-state index in [-0.39, 0.29) is 0 Å². The molecule has 2 atom stereocenters. The second-order valence-electron chi connectivity index (χ2n) is 3.70. The lowest BCUT2D eigenvalue weighted by Gasteiger charge is -2.26. The highest BCUT2D eigenvalue weighted by molar-refractivity contribution is 4.73. The Kier molecular flexibility index (Phi) is 6.34. The third-order valence-electron chi connectivity index (χ3n) is 2.30. The summed E-state index contributed by atoms with van der Waals surface area (Å²) in [6.45, 7) is 7.36. The lowest BCUT2D eigenvalue weighted by molar-refractivity contribution is 0.162. The Morgan fingerprint density at radius 3 is 2.25 bits per heavy atom. The lowest BCUT2D eigenvalue weighted by Crippen LogP contribution is -2.43. The second kappa shape index (κ2) is 6.40. The molecule has 0 rings (SSSR count). The van der Waals surface area contributed by atoms with Gasteiger partial charge in [-0.2, -0.15) is 0 Å². The van der Waals surface area contributed by atoms with E-state index in [4.69, 9.17) is 10.6 Å². The van der Waals surface area contributed by atoms with Crippen molar-refractivity contribution in [1.29, 1.82) is 0 Å². The molecule has 0 aromatic rings. The van der Waals surface area contributed by atoms with E-state index < -0.39 is 0 Å². The molecule has 0 saturated carbocycles. The highest BCUT2D eigenvalue weighted by Gasteiger charge is 2.18. The number of hydrogen-bond acceptors (Lipinski definition) is 3. The van der Waals surface area contributed by atoms with Crippen molar-refractivity contribution in [2.75, 3.05) is 13.7 Å². The van der Waals surface area contributed by atoms with Crippen molar-refractivity contribution in [2.24, 2.45) is 17.7 Å². The van der Waals surface area contributed by atoms with Crippen molar-refractivity contribution < 1.29 is 4.74 Å². The van der Waals surface area contributed by atoms with Crippen LogP contribution in [0.2, 0.25) is 0 Å². The zero-order valence-electron chi connectivity index (χ0n) is 8.63. The standard InChI is InChI=1S/C9H22N2O/c1-7(2)9(11-10)8(3)5-6-12-4/h7-9,11H,5-6,10H2,1-4H3. The molecule has 0 aliphatic carbocycles. The summed E-state index contributed by atoms with van der Waals surface area (Å²) < 4.78 is 5.02. The molecule has 2 unspecified atom stereocenters. The van der Waals surface area contributed by atoms with Gasteiger partial charge in [-0.1, -0.05) is 20.8 Å². The van der Waals surface area contributed by atoms with Gasteiger partial charge in [0.25, 0.3) is 0 Å². The summed E-state index contributed by atoms with van der Waals surface area (Å²) in [4.78, 5) is 0. The van der Waals surface area contributed by atoms with Gasteiger partial charge in [-0.25, -0.2) is 0 Å². The van der Waals surface area contributed by atoms with Crippen molar-refractivity contribution in [3.8, 4) is 0 Å². The molecule has 12 heavy (non-hydrogen) atoms. The van der Waals surface area contributed by atoms with Crippen LogP contribution < -0.4 is 11.3 Å². The maximum atomic E-state index is 5.46. The molecule has 3 heteroatoms. The van der Waals surface area contributed by atoms with E-state index in [0.29, 0.717) is 17.9 Å². The first-order valence-electron chi connectivity index (χ1n) is 4.58. The molecule has 0 radical (unpaired) electrons. The Morgan fingerprint density at radius 2 is 1.92 bits per heavy atom. The summed E-state index contributed by atoms with van der Waals surface area (Å²) in [6.07, 6.45) is 1.06. The fraction of sp³-hybridized carbons (Fsp3) is 1.00. The average molecular weight is 174 g/mol. The predicted molar refractivity (Wildman–Crippen MR) is 51.6 cm³/mol. The van der Waals surface area contributed by atoms with Gasteiger partial charge in [-0.3, -0.25) is 11.3 Å². The zero-order chi connectivity index (χ0) is 9.56. The smallest absolute Gasteiger partial charge is 0.0465 e. The first-order chi connectivity index (χ1) is 5.63. The molecule has 0 amide bonds. The Labute approximate surface area is 75.6 Å². The minimum absolute atomic E-state index is 0.389. The summed E-state index contributed by atoms with van der Waals surface area (Å²) >= 11 is 0. The quantitative estimate of drug-likeness (QED) is 0.469. The van der Waals surface area contributed by atoms with E-state index in [1.165, 1.54) is 0 Å². The Hall–Kier alpha value is -0.120. The number of rotatable bonds is 6. The molecule has 0 bridgehead atoms. The van der Waals surface area contributed by atoms with Gasteiger partial charge in [0.05, 0.1) is 0 Å². The summed E-state index contributed by atoms with van der Waals surface area (Å²) in [6, 6.07) is 0.389. The predicted octanol–water partition coefficient (Wildman–Crippen LogP) is 1.15. The third-order valence-corrected chi connectivity index (χ3v) is 2.30. The first-order valence-corrected chi connectivity index (χ1v) is 4.58. The van der Waals surface area contributed by atoms with Crippen LogP contribution in [0.5, 0.6) is 0 Å². The molecule has 0 aromatic heterocycles. The van der Waals surface area contributed by atoms with Crippen LogP contribution in [0.1, 0.15) is 27.2 Å². The van der Waals surface area contributed by atoms with E-state index >= 15 is 0 Å². The van der Waals surface area contributed by atoms with Gasteiger partial charge >= 0.3 is 0 Å². The topological polar surface area (TPSA) is 47.3 Å². The van der Waals surface area contributed by atoms with Crippen molar-refractivity contribution in [3.63, 3.8) is 0 Å². The van der Waals surface area contributed by atoms with E-state index in [1.807, 2.05) is 0 Å². The maximum Gasteiger partial charge on any atom is 0.0465 e. The summed E-state index contributed by atoms with van der Waals surface area (Å²) in [5.74, 6) is 6.59. The van der Waals surface area contributed by atoms with Gasteiger partial charge in [-0.05, 0) is 18.3 Å². The summed E-state index contributed by atoms with van der Waals surface area (Å²) in [5, 5.41) is 0. The van der Waals surface area contributed by atoms with Gasteiger partial charge in [0.2, 0.25) is 0 Å². The van der Waals surface area contributed by atoms with Crippen LogP contribution in [0.25, 0.3) is 0 Å². The molecule has 0 heterocycles. The number of nitrogens with two attached hydrogens (primary N) is 1. The molecule has 0 aliphatic rings. The highest BCUT2D eigenvalue weighted by atomic mass is 16.5. The Bertz CT molecular complexity index is 107. The number of ether oxygens (including phenoxy) is 1. The average Bonchev–Trinajstić information content (AvgIpc) is 2.01. The fourth-order valence-electron chi connectivity index (χ4n) is 1.50. The van der Waals surface area contributed by atoms with E-state index in [0.717, 1.165) is 13.0 Å². The first kappa shape index (κ1) is 11.9. The van der Waals surface area contributed by atoms with Gasteiger partial charge in [0.1, 0.15) is 0 Å². The van der Waals surface area contributed by atoms with Crippen LogP contribution in [0.3, 0.4) is 0 Å². The van der Waals surface area contributed by atoms with Crippen LogP contribution in [-0.4, -0.2) is 19.8 Å². The fourth-order valence-corrected chi connectivity index (χ4v) is 1.50. The van der Waals surface area contributed by atoms with Crippen molar-refractivity contribution in [2.45, 2.75) is 33.2 Å². The van der Waals surface area contributed by atoms with Gasteiger partial charge in [-0.15, -0.1) is 0 Å². The Balaban J connectivity index is 3.77. The van der Waals surface area contributed by atoms with Crippen LogP contribution in [0.4, 0.5) is 0 Å². The molecule has 0 aliphatic heterocycles. The van der Waals surface area contributed by atoms with Crippen LogP contribution in [-0.2, 0) is 4.74 Å². The SMILES string of the molecule is COCCC(C)C(NN)C(C)C. The molecular formula is C9H22N2O. The van der Waals surface area contributed by atoms with Gasteiger partial charge < -0.3 is 4.74 Å². The molecule has 0 fully saturated rings. The van der Waals surface area contributed by atoms with Crippen molar-refractivity contribution in [1.82, 2.24) is 5.43 Å². The van der Waals surface area contributed by atoms with E-state index in [1.54, 1.807) is 7.11 Å². The van der Waals surface area contributed by atoms with Crippen molar-refractivity contribution in [3.05, 3.63) is 0 Å². The lowest BCUT2D eigenvalue weighted by atomic mass is 9.90. The second-order valence-corrected chi connectivity index (χ2v) is 3.70. The summed E-state index contributed by atoms with van der Waals surface area (Å²) in [7, 11) is 1.73. The van der Waals surface area contributed by atoms with Gasteiger partial charge in [0, 0.05) is 19.8 Å². The monoisotopic (exact) mass is 174 g/mol. The molecule has 0 saturated heterocycles. The number of methoxy groups -OCH3 is 1. The number of hydrogen-bond donors (Lipinski definition) is 2. The van der Waals surface area contributed by atoms with Crippen molar-refractivity contribution >= 4 is 0 Å². The maximum absolute atomic E-state index is 5.46. The Morgan fingerprint density at radius 1 is 1.33 bits per heavy atom. The minimum atomic E-state index is 0.389. The molecule has 3 nitrogen and oxygen atoms in total. The largest absolute Gasteiger partial charge is 0.385 e. The highest BCUT2D eigenvalue weighted by Crippen LogP contribution is 2.14. The van der Waals surface area contributed by atoms with E-state index in [2.05, 4.69) is 26.2 Å². The summed E-state index contributed by atoms with van der Waals surface area (Å²) in [5.41, 5.74) is 2.85. The molecule has 0 spiro atoms. The van der Waals surface area contributed by atoms with E-state index in [9.17, 15) is 0 Å². The molecule has 3 N–H and O–H groups in total. The zero-order valence-corrected chi connectivity index (χ0v) is 8.63. The molecule has 0 aromatic carbocycles. The molecular weight excluding hydrogens is 152 g/mol.